The summed E-state index contributed by atoms with van der Waals surface area (Å²) in [7, 11) is 2.98. The molecule has 1 N–H and O–H groups in total. The molecule has 0 saturated heterocycles. The molecule has 0 aliphatic heterocycles. The van der Waals surface area contributed by atoms with Crippen molar-refractivity contribution in [3.8, 4) is 11.5 Å². The second-order valence-electron chi connectivity index (χ2n) is 5.34. The van der Waals surface area contributed by atoms with Crippen molar-refractivity contribution in [3.63, 3.8) is 0 Å². The lowest BCUT2D eigenvalue weighted by Crippen LogP contribution is -2.37. The molecule has 1 aliphatic carbocycles. The van der Waals surface area contributed by atoms with Crippen molar-refractivity contribution >= 4 is 11.9 Å². The lowest BCUT2D eigenvalue weighted by atomic mass is 10.2. The van der Waals surface area contributed by atoms with E-state index in [-0.39, 0.29) is 24.1 Å². The van der Waals surface area contributed by atoms with E-state index in [2.05, 4.69) is 5.32 Å². The van der Waals surface area contributed by atoms with Crippen LogP contribution in [-0.2, 0) is 9.53 Å². The Morgan fingerprint density at radius 2 is 2.00 bits per heavy atom. The molecule has 120 valence electrons. The summed E-state index contributed by atoms with van der Waals surface area (Å²) in [6.07, 6.45) is 2.29. The van der Waals surface area contributed by atoms with Crippen LogP contribution in [0.1, 0.15) is 30.1 Å². The summed E-state index contributed by atoms with van der Waals surface area (Å²) >= 11 is 0. The van der Waals surface area contributed by atoms with Gasteiger partial charge in [0.2, 0.25) is 0 Å². The van der Waals surface area contributed by atoms with Crippen molar-refractivity contribution < 1.29 is 23.8 Å². The molecule has 0 radical (unpaired) electrons. The van der Waals surface area contributed by atoms with E-state index < -0.39 is 5.97 Å². The maximum atomic E-state index is 12.0. The van der Waals surface area contributed by atoms with Crippen molar-refractivity contribution in [2.24, 2.45) is 5.92 Å². The fourth-order valence-corrected chi connectivity index (χ4v) is 2.19. The summed E-state index contributed by atoms with van der Waals surface area (Å²) in [5.74, 6) is 0.579. The van der Waals surface area contributed by atoms with E-state index in [4.69, 9.17) is 14.2 Å². The summed E-state index contributed by atoms with van der Waals surface area (Å²) in [6, 6.07) is 4.90. The molecule has 1 saturated carbocycles. The summed E-state index contributed by atoms with van der Waals surface area (Å²) in [4.78, 5) is 23.8. The van der Waals surface area contributed by atoms with Crippen molar-refractivity contribution in [1.82, 2.24) is 5.32 Å². The maximum Gasteiger partial charge on any atom is 0.342 e. The van der Waals surface area contributed by atoms with Crippen LogP contribution in [0, 0.1) is 5.92 Å². The van der Waals surface area contributed by atoms with Gasteiger partial charge in [0.15, 0.2) is 6.61 Å². The molecule has 0 spiro atoms. The third-order valence-electron chi connectivity index (χ3n) is 3.68. The molecule has 0 unspecified atom stereocenters. The SMILES string of the molecule is COc1ccc(C(=O)OCC(=O)N[C@@H](C)C2CC2)c(OC)c1. The number of rotatable bonds is 7. The van der Waals surface area contributed by atoms with Gasteiger partial charge >= 0.3 is 5.97 Å². The topological polar surface area (TPSA) is 73.9 Å². The first-order valence-corrected chi connectivity index (χ1v) is 7.23. The Hall–Kier alpha value is -2.24. The second-order valence-corrected chi connectivity index (χ2v) is 5.34. The number of carbonyl (C=O) groups excluding carboxylic acids is 2. The number of esters is 1. The minimum atomic E-state index is -0.603. The van der Waals surface area contributed by atoms with E-state index in [0.29, 0.717) is 17.4 Å². The predicted octanol–water partition coefficient (Wildman–Crippen LogP) is 1.78. The van der Waals surface area contributed by atoms with E-state index in [9.17, 15) is 9.59 Å². The molecule has 0 bridgehead atoms. The van der Waals surface area contributed by atoms with E-state index in [1.165, 1.54) is 14.2 Å². The number of ether oxygens (including phenoxy) is 3. The monoisotopic (exact) mass is 307 g/mol. The van der Waals surface area contributed by atoms with E-state index in [1.807, 2.05) is 6.92 Å². The number of methoxy groups -OCH3 is 2. The Labute approximate surface area is 129 Å². The van der Waals surface area contributed by atoms with Crippen molar-refractivity contribution in [3.05, 3.63) is 23.8 Å². The highest BCUT2D eigenvalue weighted by atomic mass is 16.5. The standard InChI is InChI=1S/C16H21NO5/c1-10(11-4-5-11)17-15(18)9-22-16(19)13-7-6-12(20-2)8-14(13)21-3/h6-8,10-11H,4-5,9H2,1-3H3,(H,17,18)/t10-/m0/s1. The van der Waals surface area contributed by atoms with Gasteiger partial charge in [0.05, 0.1) is 14.2 Å². The van der Waals surface area contributed by atoms with E-state index >= 15 is 0 Å². The van der Waals surface area contributed by atoms with Gasteiger partial charge in [0, 0.05) is 12.1 Å². The van der Waals surface area contributed by atoms with Gasteiger partial charge in [0.25, 0.3) is 5.91 Å². The van der Waals surface area contributed by atoms with Crippen LogP contribution < -0.4 is 14.8 Å². The van der Waals surface area contributed by atoms with Crippen molar-refractivity contribution in [2.75, 3.05) is 20.8 Å². The maximum absolute atomic E-state index is 12.0. The van der Waals surface area contributed by atoms with E-state index in [1.54, 1.807) is 18.2 Å². The van der Waals surface area contributed by atoms with E-state index in [0.717, 1.165) is 12.8 Å². The summed E-state index contributed by atoms with van der Waals surface area (Å²) in [6.45, 7) is 1.66. The Balaban J connectivity index is 1.89. The predicted molar refractivity (Wildman–Crippen MR) is 80.2 cm³/mol. The molecule has 6 nitrogen and oxygen atoms in total. The molecule has 0 aromatic heterocycles. The molecule has 1 aromatic carbocycles. The van der Waals surface area contributed by atoms with Crippen molar-refractivity contribution in [2.45, 2.75) is 25.8 Å². The number of benzene rings is 1. The van der Waals surface area contributed by atoms with Gasteiger partial charge in [-0.15, -0.1) is 0 Å². The van der Waals surface area contributed by atoms with Crippen LogP contribution in [0.2, 0.25) is 0 Å². The number of nitrogens with one attached hydrogen (secondary N) is 1. The molecule has 1 atom stereocenters. The first-order valence-electron chi connectivity index (χ1n) is 7.23. The molecule has 22 heavy (non-hydrogen) atoms. The Kier molecular flexibility index (Phi) is 5.25. The molecule has 0 heterocycles. The molecular formula is C16H21NO5. The fourth-order valence-electron chi connectivity index (χ4n) is 2.19. The molecule has 2 rings (SSSR count). The highest BCUT2D eigenvalue weighted by molar-refractivity contribution is 5.94. The van der Waals surface area contributed by atoms with Crippen molar-refractivity contribution in [1.29, 1.82) is 0 Å². The third-order valence-corrected chi connectivity index (χ3v) is 3.68. The van der Waals surface area contributed by atoms with Gasteiger partial charge in [-0.25, -0.2) is 4.79 Å². The molecule has 6 heteroatoms. The van der Waals surface area contributed by atoms with Gasteiger partial charge in [-0.1, -0.05) is 0 Å². The minimum Gasteiger partial charge on any atom is -0.497 e. The van der Waals surface area contributed by atoms with Gasteiger partial charge in [-0.2, -0.15) is 0 Å². The highest BCUT2D eigenvalue weighted by Gasteiger charge is 2.29. The Morgan fingerprint density at radius 1 is 1.27 bits per heavy atom. The largest absolute Gasteiger partial charge is 0.497 e. The normalized spacial score (nSPS) is 14.9. The van der Waals surface area contributed by atoms with Gasteiger partial charge < -0.3 is 19.5 Å². The molecule has 1 aromatic rings. The van der Waals surface area contributed by atoms with Crippen LogP contribution in [-0.4, -0.2) is 38.7 Å². The van der Waals surface area contributed by atoms with Gasteiger partial charge in [-0.05, 0) is 37.8 Å². The first kappa shape index (κ1) is 16.1. The Morgan fingerprint density at radius 3 is 2.59 bits per heavy atom. The van der Waals surface area contributed by atoms with Crippen LogP contribution in [0.4, 0.5) is 0 Å². The van der Waals surface area contributed by atoms with Crippen LogP contribution in [0.5, 0.6) is 11.5 Å². The number of amides is 1. The van der Waals surface area contributed by atoms with Crippen LogP contribution in [0.3, 0.4) is 0 Å². The lowest BCUT2D eigenvalue weighted by molar-refractivity contribution is -0.125. The van der Waals surface area contributed by atoms with Crippen LogP contribution in [0.15, 0.2) is 18.2 Å². The molecule has 1 amide bonds. The quantitative estimate of drug-likeness (QED) is 0.777. The minimum absolute atomic E-state index is 0.127. The molecule has 1 fully saturated rings. The lowest BCUT2D eigenvalue weighted by Gasteiger charge is -2.13. The summed E-state index contributed by atoms with van der Waals surface area (Å²) < 4.78 is 15.2. The zero-order chi connectivity index (χ0) is 16.1. The molecular weight excluding hydrogens is 286 g/mol. The third kappa shape index (κ3) is 4.13. The fraction of sp³-hybridized carbons (Fsp3) is 0.500. The van der Waals surface area contributed by atoms with Gasteiger partial charge in [0.1, 0.15) is 17.1 Å². The number of hydrogen-bond acceptors (Lipinski definition) is 5. The van der Waals surface area contributed by atoms with Gasteiger partial charge in [-0.3, -0.25) is 4.79 Å². The zero-order valence-corrected chi connectivity index (χ0v) is 13.0. The number of hydrogen-bond donors (Lipinski definition) is 1. The zero-order valence-electron chi connectivity index (χ0n) is 13.0. The highest BCUT2D eigenvalue weighted by Crippen LogP contribution is 2.32. The first-order chi connectivity index (χ1) is 10.5. The average Bonchev–Trinajstić information content (AvgIpc) is 3.36. The van der Waals surface area contributed by atoms with Crippen LogP contribution in [0.25, 0.3) is 0 Å². The Bertz CT molecular complexity index is 553. The summed E-state index contributed by atoms with van der Waals surface area (Å²) in [5.41, 5.74) is 0.256. The smallest absolute Gasteiger partial charge is 0.342 e. The summed E-state index contributed by atoms with van der Waals surface area (Å²) in [5, 5.41) is 2.83. The second kappa shape index (κ2) is 7.15. The number of carbonyl (C=O) groups is 2. The van der Waals surface area contributed by atoms with Crippen LogP contribution >= 0.6 is 0 Å². The average molecular weight is 307 g/mol. The molecule has 1 aliphatic rings.